The fourth-order valence-corrected chi connectivity index (χ4v) is 1.73. The highest BCUT2D eigenvalue weighted by molar-refractivity contribution is 14.1. The summed E-state index contributed by atoms with van der Waals surface area (Å²) in [6.45, 7) is 1.65. The van der Waals surface area contributed by atoms with Gasteiger partial charge in [-0.15, -0.1) is 13.2 Å². The lowest BCUT2D eigenvalue weighted by molar-refractivity contribution is -0.275. The van der Waals surface area contributed by atoms with Crippen molar-refractivity contribution in [1.29, 1.82) is 0 Å². The summed E-state index contributed by atoms with van der Waals surface area (Å²) in [6, 6.07) is 1.48. The lowest BCUT2D eigenvalue weighted by Crippen LogP contribution is -2.18. The number of alkyl halides is 3. The summed E-state index contributed by atoms with van der Waals surface area (Å²) in [5, 5.41) is 0. The van der Waals surface area contributed by atoms with Gasteiger partial charge in [0, 0.05) is 5.69 Å². The summed E-state index contributed by atoms with van der Waals surface area (Å²) >= 11 is 1.73. The summed E-state index contributed by atoms with van der Waals surface area (Å²) in [5.74, 6) is -0.576. The largest absolute Gasteiger partial charge is 0.573 e. The number of hydrogen-bond acceptors (Lipinski definition) is 3. The molecule has 1 heterocycles. The van der Waals surface area contributed by atoms with E-state index in [4.69, 9.17) is 4.74 Å². The van der Waals surface area contributed by atoms with Gasteiger partial charge in [-0.25, -0.2) is 4.98 Å². The minimum Gasteiger partial charge on any atom is -0.478 e. The minimum atomic E-state index is -4.75. The molecule has 0 aromatic carbocycles. The normalized spacial score (nSPS) is 11.3. The molecule has 0 unspecified atom stereocenters. The lowest BCUT2D eigenvalue weighted by Gasteiger charge is -2.13. The number of nitrogens with zero attached hydrogens (tertiary/aromatic N) is 1. The van der Waals surface area contributed by atoms with E-state index < -0.39 is 12.1 Å². The van der Waals surface area contributed by atoms with Gasteiger partial charge >= 0.3 is 6.36 Å². The van der Waals surface area contributed by atoms with Gasteiger partial charge in [0.05, 0.1) is 10.7 Å². The predicted octanol–water partition coefficient (Wildman–Crippen LogP) is 2.90. The zero-order valence-corrected chi connectivity index (χ0v) is 10.0. The molecule has 0 radical (unpaired) electrons. The van der Waals surface area contributed by atoms with Gasteiger partial charge in [0.1, 0.15) is 0 Å². The van der Waals surface area contributed by atoms with Crippen molar-refractivity contribution in [3.63, 3.8) is 0 Å². The third-order valence-corrected chi connectivity index (χ3v) is 2.24. The summed E-state index contributed by atoms with van der Waals surface area (Å²) in [6.07, 6.45) is -4.75. The molecule has 0 atom stereocenters. The van der Waals surface area contributed by atoms with Crippen molar-refractivity contribution in [3.8, 4) is 11.6 Å². The van der Waals surface area contributed by atoms with Crippen LogP contribution in [0.25, 0.3) is 0 Å². The highest BCUT2D eigenvalue weighted by atomic mass is 127. The third kappa shape index (κ3) is 3.40. The molecular formula is C8H7F3INO2. The Kier molecular flexibility index (Phi) is 3.63. The molecule has 0 fully saturated rings. The fourth-order valence-electron chi connectivity index (χ4n) is 0.941. The first-order valence-electron chi connectivity index (χ1n) is 3.80. The van der Waals surface area contributed by atoms with Crippen molar-refractivity contribution in [2.24, 2.45) is 0 Å². The third-order valence-electron chi connectivity index (χ3n) is 1.44. The van der Waals surface area contributed by atoms with Gasteiger partial charge in [-0.2, -0.15) is 0 Å². The fraction of sp³-hybridized carbons (Fsp3) is 0.375. The van der Waals surface area contributed by atoms with E-state index in [-0.39, 0.29) is 5.88 Å². The standard InChI is InChI=1S/C8H7F3INO2/c1-4-3-5(12)6(7(13-4)14-2)15-8(9,10)11/h3H,1-2H3. The van der Waals surface area contributed by atoms with Crippen LogP contribution in [0.3, 0.4) is 0 Å². The van der Waals surface area contributed by atoms with Crippen molar-refractivity contribution in [3.05, 3.63) is 15.3 Å². The van der Waals surface area contributed by atoms with Crippen LogP contribution in [-0.4, -0.2) is 18.5 Å². The molecule has 0 bridgehead atoms. The van der Waals surface area contributed by atoms with Gasteiger partial charge in [-0.1, -0.05) is 0 Å². The average Bonchev–Trinajstić information content (AvgIpc) is 2.07. The number of halogens is 4. The topological polar surface area (TPSA) is 31.4 Å². The van der Waals surface area contributed by atoms with Crippen molar-refractivity contribution in [2.75, 3.05) is 7.11 Å². The molecular weight excluding hydrogens is 326 g/mol. The number of hydrogen-bond donors (Lipinski definition) is 0. The molecule has 0 saturated carbocycles. The zero-order valence-electron chi connectivity index (χ0n) is 7.85. The molecule has 0 spiro atoms. The van der Waals surface area contributed by atoms with Gasteiger partial charge in [0.25, 0.3) is 5.88 Å². The Morgan fingerprint density at radius 3 is 2.47 bits per heavy atom. The van der Waals surface area contributed by atoms with Crippen molar-refractivity contribution in [2.45, 2.75) is 13.3 Å². The predicted molar refractivity (Wildman–Crippen MR) is 54.9 cm³/mol. The molecule has 3 nitrogen and oxygen atoms in total. The molecule has 1 aromatic rings. The van der Waals surface area contributed by atoms with Crippen LogP contribution in [0, 0.1) is 10.5 Å². The van der Waals surface area contributed by atoms with Crippen LogP contribution in [0.1, 0.15) is 5.69 Å². The second-order valence-corrected chi connectivity index (χ2v) is 3.79. The van der Waals surface area contributed by atoms with Crippen LogP contribution in [-0.2, 0) is 0 Å². The molecule has 0 aliphatic heterocycles. The molecule has 1 rings (SSSR count). The molecule has 0 N–H and O–H groups in total. The Bertz CT molecular complexity index is 368. The Labute approximate surface area is 97.7 Å². The van der Waals surface area contributed by atoms with Gasteiger partial charge in [-0.05, 0) is 35.6 Å². The quantitative estimate of drug-likeness (QED) is 0.780. The van der Waals surface area contributed by atoms with Gasteiger partial charge in [0.2, 0.25) is 5.75 Å². The Morgan fingerprint density at radius 2 is 2.00 bits per heavy atom. The first-order chi connectivity index (χ1) is 6.83. The van der Waals surface area contributed by atoms with E-state index in [2.05, 4.69) is 9.72 Å². The second-order valence-electron chi connectivity index (χ2n) is 2.63. The minimum absolute atomic E-state index is 0.170. The monoisotopic (exact) mass is 333 g/mol. The van der Waals surface area contributed by atoms with Gasteiger partial charge in [-0.3, -0.25) is 0 Å². The van der Waals surface area contributed by atoms with E-state index in [0.717, 1.165) is 0 Å². The molecule has 0 amide bonds. The summed E-state index contributed by atoms with van der Waals surface area (Å²) in [7, 11) is 1.24. The van der Waals surface area contributed by atoms with Crippen molar-refractivity contribution in [1.82, 2.24) is 4.98 Å². The molecule has 0 saturated heterocycles. The maximum absolute atomic E-state index is 12.0. The Balaban J connectivity index is 3.15. The number of rotatable bonds is 2. The van der Waals surface area contributed by atoms with Crippen molar-refractivity contribution >= 4 is 22.6 Å². The first kappa shape index (κ1) is 12.3. The average molecular weight is 333 g/mol. The lowest BCUT2D eigenvalue weighted by atomic mass is 10.3. The highest BCUT2D eigenvalue weighted by Gasteiger charge is 2.34. The van der Waals surface area contributed by atoms with Crippen LogP contribution in [0.5, 0.6) is 11.6 Å². The van der Waals surface area contributed by atoms with Crippen LogP contribution in [0.15, 0.2) is 6.07 Å². The van der Waals surface area contributed by atoms with E-state index in [0.29, 0.717) is 9.26 Å². The molecule has 7 heteroatoms. The van der Waals surface area contributed by atoms with Crippen LogP contribution in [0.4, 0.5) is 13.2 Å². The smallest absolute Gasteiger partial charge is 0.478 e. The highest BCUT2D eigenvalue weighted by Crippen LogP contribution is 2.35. The molecule has 0 aliphatic rings. The Hall–Kier alpha value is -0.730. The second kappa shape index (κ2) is 4.42. The Morgan fingerprint density at radius 1 is 1.40 bits per heavy atom. The number of aromatic nitrogens is 1. The summed E-state index contributed by atoms with van der Waals surface area (Å²) in [5.41, 5.74) is 0.561. The van der Waals surface area contributed by atoms with Crippen LogP contribution < -0.4 is 9.47 Å². The van der Waals surface area contributed by atoms with Gasteiger partial charge < -0.3 is 9.47 Å². The van der Waals surface area contributed by atoms with E-state index >= 15 is 0 Å². The number of ether oxygens (including phenoxy) is 2. The maximum atomic E-state index is 12.0. The number of methoxy groups -OCH3 is 1. The first-order valence-corrected chi connectivity index (χ1v) is 4.88. The van der Waals surface area contributed by atoms with Crippen molar-refractivity contribution < 1.29 is 22.6 Å². The van der Waals surface area contributed by atoms with E-state index in [1.54, 1.807) is 29.5 Å². The zero-order chi connectivity index (χ0) is 11.6. The molecule has 1 aromatic heterocycles. The molecule has 15 heavy (non-hydrogen) atoms. The van der Waals surface area contributed by atoms with E-state index in [1.165, 1.54) is 13.2 Å². The number of pyridine rings is 1. The van der Waals surface area contributed by atoms with E-state index in [1.807, 2.05) is 0 Å². The molecule has 0 aliphatic carbocycles. The SMILES string of the molecule is COc1nc(C)cc(I)c1OC(F)(F)F. The summed E-state index contributed by atoms with van der Waals surface area (Å²) in [4.78, 5) is 3.78. The summed E-state index contributed by atoms with van der Waals surface area (Å²) < 4.78 is 44.9. The number of aryl methyl sites for hydroxylation is 1. The van der Waals surface area contributed by atoms with Gasteiger partial charge in [0.15, 0.2) is 0 Å². The van der Waals surface area contributed by atoms with Crippen LogP contribution >= 0.6 is 22.6 Å². The molecule has 84 valence electrons. The van der Waals surface area contributed by atoms with Crippen LogP contribution in [0.2, 0.25) is 0 Å². The maximum Gasteiger partial charge on any atom is 0.573 e. The van der Waals surface area contributed by atoms with E-state index in [9.17, 15) is 13.2 Å².